The Morgan fingerprint density at radius 1 is 1.73 bits per heavy atom. The van der Waals surface area contributed by atoms with Crippen LogP contribution in [0.1, 0.15) is 11.6 Å². The van der Waals surface area contributed by atoms with Crippen molar-refractivity contribution in [3.8, 4) is 6.07 Å². The first-order valence-electron chi connectivity index (χ1n) is 2.99. The van der Waals surface area contributed by atoms with Crippen LogP contribution in [0.15, 0.2) is 18.6 Å². The summed E-state index contributed by atoms with van der Waals surface area (Å²) in [4.78, 5) is 17.7. The van der Waals surface area contributed by atoms with E-state index < -0.39 is 5.92 Å². The van der Waals surface area contributed by atoms with Crippen LogP contribution in [0.3, 0.4) is 0 Å². The molecule has 0 unspecified atom stereocenters. The minimum absolute atomic E-state index is 0.442. The molecule has 0 radical (unpaired) electrons. The maximum Gasteiger partial charge on any atom is 0.144 e. The fourth-order valence-electron chi connectivity index (χ4n) is 0.651. The van der Waals surface area contributed by atoms with Gasteiger partial charge in [-0.3, -0.25) is 0 Å². The lowest BCUT2D eigenvalue weighted by Gasteiger charge is -1.96. The van der Waals surface area contributed by atoms with Crippen LogP contribution in [0.5, 0.6) is 0 Å². The maximum absolute atomic E-state index is 10.3. The summed E-state index contributed by atoms with van der Waals surface area (Å²) >= 11 is 0. The zero-order valence-corrected chi connectivity index (χ0v) is 5.64. The van der Waals surface area contributed by atoms with E-state index in [0.717, 1.165) is 0 Å². The van der Waals surface area contributed by atoms with Gasteiger partial charge in [0.25, 0.3) is 0 Å². The van der Waals surface area contributed by atoms with Gasteiger partial charge in [0.1, 0.15) is 18.5 Å². The third-order valence-electron chi connectivity index (χ3n) is 1.20. The zero-order chi connectivity index (χ0) is 8.10. The Bertz CT molecular complexity index is 277. The van der Waals surface area contributed by atoms with Crippen molar-refractivity contribution in [2.45, 2.75) is 5.92 Å². The second-order valence-electron chi connectivity index (χ2n) is 1.88. The molecule has 4 nitrogen and oxygen atoms in total. The van der Waals surface area contributed by atoms with Gasteiger partial charge in [-0.05, 0) is 6.07 Å². The van der Waals surface area contributed by atoms with Crippen LogP contribution in [0.4, 0.5) is 0 Å². The third-order valence-corrected chi connectivity index (χ3v) is 1.20. The first-order chi connectivity index (χ1) is 5.38. The lowest BCUT2D eigenvalue weighted by Crippen LogP contribution is -1.99. The number of hydrogen-bond donors (Lipinski definition) is 0. The van der Waals surface area contributed by atoms with Gasteiger partial charge in [-0.2, -0.15) is 5.26 Å². The van der Waals surface area contributed by atoms with Crippen molar-refractivity contribution in [3.63, 3.8) is 0 Å². The molecule has 54 valence electrons. The smallest absolute Gasteiger partial charge is 0.144 e. The molecule has 0 fully saturated rings. The molecule has 4 heteroatoms. The Kier molecular flexibility index (Phi) is 2.28. The number of nitriles is 1. The molecule has 1 aromatic rings. The lowest BCUT2D eigenvalue weighted by molar-refractivity contribution is -0.108. The number of nitrogens with zero attached hydrogens (tertiary/aromatic N) is 3. The number of hydrogen-bond acceptors (Lipinski definition) is 4. The lowest BCUT2D eigenvalue weighted by atomic mass is 10.1. The molecule has 0 spiro atoms. The minimum atomic E-state index is -0.766. The van der Waals surface area contributed by atoms with Crippen LogP contribution in [0.2, 0.25) is 0 Å². The minimum Gasteiger partial charge on any atom is -0.301 e. The molecule has 0 amide bonds. The quantitative estimate of drug-likeness (QED) is 0.563. The van der Waals surface area contributed by atoms with E-state index in [2.05, 4.69) is 9.97 Å². The average molecular weight is 147 g/mol. The molecule has 0 saturated heterocycles. The van der Waals surface area contributed by atoms with E-state index in [9.17, 15) is 4.79 Å². The Labute approximate surface area is 63.5 Å². The van der Waals surface area contributed by atoms with Crippen LogP contribution in [0.25, 0.3) is 0 Å². The molecule has 1 heterocycles. The largest absolute Gasteiger partial charge is 0.301 e. The van der Waals surface area contributed by atoms with Gasteiger partial charge < -0.3 is 4.79 Å². The van der Waals surface area contributed by atoms with E-state index in [1.807, 2.05) is 6.07 Å². The number of aldehydes is 1. The summed E-state index contributed by atoms with van der Waals surface area (Å²) in [5.74, 6) is -0.766. The van der Waals surface area contributed by atoms with E-state index in [4.69, 9.17) is 5.26 Å². The fraction of sp³-hybridized carbons (Fsp3) is 0.143. The second kappa shape index (κ2) is 3.42. The molecular weight excluding hydrogens is 142 g/mol. The second-order valence-corrected chi connectivity index (χ2v) is 1.88. The predicted molar refractivity (Wildman–Crippen MR) is 36.5 cm³/mol. The van der Waals surface area contributed by atoms with Crippen molar-refractivity contribution in [1.29, 1.82) is 5.26 Å². The van der Waals surface area contributed by atoms with E-state index >= 15 is 0 Å². The van der Waals surface area contributed by atoms with Crippen LogP contribution in [-0.2, 0) is 4.79 Å². The highest BCUT2D eigenvalue weighted by atomic mass is 16.1. The van der Waals surface area contributed by atoms with Gasteiger partial charge >= 0.3 is 0 Å². The monoisotopic (exact) mass is 147 g/mol. The first kappa shape index (κ1) is 7.35. The van der Waals surface area contributed by atoms with Gasteiger partial charge in [0.05, 0.1) is 11.8 Å². The predicted octanol–water partition coefficient (Wildman–Crippen LogP) is 0.283. The number of rotatable bonds is 2. The molecule has 1 rings (SSSR count). The van der Waals surface area contributed by atoms with Crippen molar-refractivity contribution in [2.24, 2.45) is 0 Å². The first-order valence-corrected chi connectivity index (χ1v) is 2.99. The summed E-state index contributed by atoms with van der Waals surface area (Å²) < 4.78 is 0. The molecule has 0 aliphatic carbocycles. The molecule has 1 atom stereocenters. The number of aromatic nitrogens is 2. The summed E-state index contributed by atoms with van der Waals surface area (Å²) in [7, 11) is 0. The highest BCUT2D eigenvalue weighted by Gasteiger charge is 2.08. The SMILES string of the molecule is N#C[C@H](C=O)c1ccncn1. The summed E-state index contributed by atoms with van der Waals surface area (Å²) in [6, 6.07) is 3.35. The van der Waals surface area contributed by atoms with E-state index in [-0.39, 0.29) is 0 Å². The van der Waals surface area contributed by atoms with Crippen molar-refractivity contribution < 1.29 is 4.79 Å². The van der Waals surface area contributed by atoms with E-state index in [0.29, 0.717) is 12.0 Å². The maximum atomic E-state index is 10.3. The topological polar surface area (TPSA) is 66.6 Å². The molecule has 0 N–H and O–H groups in total. The van der Waals surface area contributed by atoms with Crippen molar-refractivity contribution >= 4 is 6.29 Å². The number of carbonyl (C=O) groups is 1. The highest BCUT2D eigenvalue weighted by molar-refractivity contribution is 5.65. The van der Waals surface area contributed by atoms with Gasteiger partial charge in [0.15, 0.2) is 0 Å². The Balaban J connectivity index is 2.93. The van der Waals surface area contributed by atoms with Crippen LogP contribution in [0, 0.1) is 11.3 Å². The summed E-state index contributed by atoms with van der Waals surface area (Å²) in [5.41, 5.74) is 0.442. The molecule has 0 saturated carbocycles. The third kappa shape index (κ3) is 1.58. The molecule has 0 aromatic carbocycles. The van der Waals surface area contributed by atoms with E-state index in [1.54, 1.807) is 6.07 Å². The van der Waals surface area contributed by atoms with Crippen LogP contribution < -0.4 is 0 Å². The Morgan fingerprint density at radius 2 is 2.55 bits per heavy atom. The van der Waals surface area contributed by atoms with Gasteiger partial charge in [-0.15, -0.1) is 0 Å². The van der Waals surface area contributed by atoms with Gasteiger partial charge in [0, 0.05) is 6.20 Å². The Morgan fingerprint density at radius 3 is 3.00 bits per heavy atom. The van der Waals surface area contributed by atoms with Crippen molar-refractivity contribution in [2.75, 3.05) is 0 Å². The fourth-order valence-corrected chi connectivity index (χ4v) is 0.651. The summed E-state index contributed by atoms with van der Waals surface area (Å²) in [5, 5.41) is 8.44. The molecule has 0 aliphatic rings. The molecular formula is C7H5N3O. The van der Waals surface area contributed by atoms with Gasteiger partial charge in [0.2, 0.25) is 0 Å². The highest BCUT2D eigenvalue weighted by Crippen LogP contribution is 2.06. The number of carbonyl (C=O) groups excluding carboxylic acids is 1. The van der Waals surface area contributed by atoms with Crippen LogP contribution >= 0.6 is 0 Å². The van der Waals surface area contributed by atoms with Crippen molar-refractivity contribution in [1.82, 2.24) is 9.97 Å². The molecule has 0 bridgehead atoms. The molecule has 0 aliphatic heterocycles. The molecule has 11 heavy (non-hydrogen) atoms. The van der Waals surface area contributed by atoms with E-state index in [1.165, 1.54) is 12.5 Å². The standard InChI is InChI=1S/C7H5N3O/c8-3-6(4-11)7-1-2-9-5-10-7/h1-2,4-6H/t6-/m1/s1. The van der Waals surface area contributed by atoms with Crippen molar-refractivity contribution in [3.05, 3.63) is 24.3 Å². The summed E-state index contributed by atoms with van der Waals surface area (Å²) in [6.07, 6.45) is 3.36. The normalized spacial score (nSPS) is 11.5. The van der Waals surface area contributed by atoms with Crippen LogP contribution in [-0.4, -0.2) is 16.3 Å². The zero-order valence-electron chi connectivity index (χ0n) is 5.64. The Hall–Kier alpha value is -1.76. The van der Waals surface area contributed by atoms with Gasteiger partial charge in [-0.1, -0.05) is 0 Å². The summed E-state index contributed by atoms with van der Waals surface area (Å²) in [6.45, 7) is 0. The average Bonchev–Trinajstić information content (AvgIpc) is 2.09. The molecule has 1 aromatic heterocycles. The van der Waals surface area contributed by atoms with Gasteiger partial charge in [-0.25, -0.2) is 9.97 Å².